The minimum Gasteiger partial charge on any atom is -0.255 e. The summed E-state index contributed by atoms with van der Waals surface area (Å²) in [5.74, 6) is 7.39. The van der Waals surface area contributed by atoms with Gasteiger partial charge in [-0.05, 0) is 62.8 Å². The number of allylic oxidation sites excluding steroid dienone is 2. The lowest BCUT2D eigenvalue weighted by atomic mass is 9.82. The van der Waals surface area contributed by atoms with E-state index in [4.69, 9.17) is 11.6 Å². The van der Waals surface area contributed by atoms with Gasteiger partial charge in [-0.15, -0.1) is 0 Å². The van der Waals surface area contributed by atoms with Gasteiger partial charge in [0.25, 0.3) is 0 Å². The van der Waals surface area contributed by atoms with E-state index in [9.17, 15) is 4.39 Å². The van der Waals surface area contributed by atoms with Crippen molar-refractivity contribution in [1.82, 2.24) is 4.98 Å². The summed E-state index contributed by atoms with van der Waals surface area (Å²) < 4.78 is 13.6. The number of aromatic nitrogens is 1. The SMILES string of the molecule is CC=CC1CCC(C#Cc2ccc(-c3ccc(Cl)c(F)c3)nc2)CC1. The highest BCUT2D eigenvalue weighted by Gasteiger charge is 2.17. The monoisotopic (exact) mass is 353 g/mol. The van der Waals surface area contributed by atoms with Crippen molar-refractivity contribution in [2.24, 2.45) is 11.8 Å². The lowest BCUT2D eigenvalue weighted by molar-refractivity contribution is 0.364. The van der Waals surface area contributed by atoms with E-state index in [0.29, 0.717) is 17.2 Å². The van der Waals surface area contributed by atoms with E-state index in [1.807, 2.05) is 12.1 Å². The van der Waals surface area contributed by atoms with Crippen LogP contribution >= 0.6 is 11.6 Å². The van der Waals surface area contributed by atoms with Crippen molar-refractivity contribution in [3.63, 3.8) is 0 Å². The molecule has 2 aromatic rings. The van der Waals surface area contributed by atoms with Crippen molar-refractivity contribution in [3.8, 4) is 23.1 Å². The Hall–Kier alpha value is -2.11. The zero-order valence-electron chi connectivity index (χ0n) is 14.3. The second-order valence-corrected chi connectivity index (χ2v) is 6.88. The van der Waals surface area contributed by atoms with Gasteiger partial charge >= 0.3 is 0 Å². The van der Waals surface area contributed by atoms with Crippen LogP contribution in [0.25, 0.3) is 11.3 Å². The number of nitrogens with zero attached hydrogens (tertiary/aromatic N) is 1. The number of rotatable bonds is 2. The Morgan fingerprint density at radius 1 is 1.16 bits per heavy atom. The maximum atomic E-state index is 13.6. The van der Waals surface area contributed by atoms with Gasteiger partial charge in [0.15, 0.2) is 0 Å². The molecule has 0 amide bonds. The molecule has 1 aromatic carbocycles. The summed E-state index contributed by atoms with van der Waals surface area (Å²) >= 11 is 5.72. The summed E-state index contributed by atoms with van der Waals surface area (Å²) in [4.78, 5) is 4.40. The molecular formula is C22H21ClFN. The van der Waals surface area contributed by atoms with Gasteiger partial charge in [-0.2, -0.15) is 0 Å². The smallest absolute Gasteiger partial charge is 0.142 e. The van der Waals surface area contributed by atoms with Crippen LogP contribution in [0.4, 0.5) is 4.39 Å². The first-order chi connectivity index (χ1) is 12.2. The Kier molecular flexibility index (Phi) is 5.89. The fourth-order valence-electron chi connectivity index (χ4n) is 3.21. The first-order valence-electron chi connectivity index (χ1n) is 8.71. The zero-order valence-corrected chi connectivity index (χ0v) is 15.1. The van der Waals surface area contributed by atoms with E-state index < -0.39 is 5.82 Å². The van der Waals surface area contributed by atoms with Crippen molar-refractivity contribution >= 4 is 11.6 Å². The van der Waals surface area contributed by atoms with Crippen molar-refractivity contribution < 1.29 is 4.39 Å². The normalized spacial score (nSPS) is 20.3. The molecule has 1 aromatic heterocycles. The molecule has 1 saturated carbocycles. The third kappa shape index (κ3) is 4.71. The molecule has 1 aliphatic carbocycles. The van der Waals surface area contributed by atoms with Gasteiger partial charge in [-0.25, -0.2) is 4.39 Å². The number of pyridine rings is 1. The average molecular weight is 354 g/mol. The lowest BCUT2D eigenvalue weighted by Crippen LogP contribution is -2.11. The summed E-state index contributed by atoms with van der Waals surface area (Å²) in [6.07, 6.45) is 11.0. The molecule has 0 bridgehead atoms. The van der Waals surface area contributed by atoms with Crippen molar-refractivity contribution in [1.29, 1.82) is 0 Å². The van der Waals surface area contributed by atoms with Crippen LogP contribution in [-0.4, -0.2) is 4.98 Å². The Morgan fingerprint density at radius 2 is 1.96 bits per heavy atom. The third-order valence-corrected chi connectivity index (χ3v) is 4.94. The molecule has 3 heteroatoms. The van der Waals surface area contributed by atoms with Crippen LogP contribution in [0, 0.1) is 29.5 Å². The fraction of sp³-hybridized carbons (Fsp3) is 0.318. The quantitative estimate of drug-likeness (QED) is 0.457. The summed E-state index contributed by atoms with van der Waals surface area (Å²) in [6, 6.07) is 8.52. The van der Waals surface area contributed by atoms with Crippen LogP contribution in [0.3, 0.4) is 0 Å². The molecule has 0 radical (unpaired) electrons. The highest BCUT2D eigenvalue weighted by atomic mass is 35.5. The summed E-state index contributed by atoms with van der Waals surface area (Å²) in [6.45, 7) is 2.08. The second kappa shape index (κ2) is 8.32. The molecule has 0 saturated heterocycles. The van der Waals surface area contributed by atoms with Crippen LogP contribution in [-0.2, 0) is 0 Å². The molecule has 0 unspecified atom stereocenters. The molecule has 0 aliphatic heterocycles. The average Bonchev–Trinajstić information content (AvgIpc) is 2.64. The van der Waals surface area contributed by atoms with E-state index in [1.54, 1.807) is 18.3 Å². The van der Waals surface area contributed by atoms with Crippen LogP contribution in [0.15, 0.2) is 48.7 Å². The second-order valence-electron chi connectivity index (χ2n) is 6.47. The molecule has 128 valence electrons. The van der Waals surface area contributed by atoms with E-state index in [-0.39, 0.29) is 5.02 Å². The first kappa shape index (κ1) is 17.7. The van der Waals surface area contributed by atoms with Gasteiger partial charge in [-0.3, -0.25) is 4.98 Å². The molecule has 0 atom stereocenters. The largest absolute Gasteiger partial charge is 0.255 e. The first-order valence-corrected chi connectivity index (χ1v) is 9.09. The predicted octanol–water partition coefficient (Wildman–Crippen LogP) is 6.28. The number of hydrogen-bond donors (Lipinski definition) is 0. The van der Waals surface area contributed by atoms with Crippen LogP contribution in [0.1, 0.15) is 38.2 Å². The predicted molar refractivity (Wildman–Crippen MR) is 102 cm³/mol. The molecule has 1 aliphatic rings. The summed E-state index contributed by atoms with van der Waals surface area (Å²) in [7, 11) is 0. The minimum absolute atomic E-state index is 0.121. The standard InChI is InChI=1S/C22H21ClFN/c1-2-3-16-4-6-17(7-5-16)8-9-18-10-13-22(25-15-18)19-11-12-20(23)21(24)14-19/h2-3,10-17H,4-7H2,1H3. The Bertz CT molecular complexity index is 806. The van der Waals surface area contributed by atoms with Gasteiger partial charge in [-0.1, -0.05) is 41.7 Å². The highest BCUT2D eigenvalue weighted by molar-refractivity contribution is 6.30. The Labute approximate surface area is 153 Å². The molecule has 1 heterocycles. The minimum atomic E-state index is -0.432. The summed E-state index contributed by atoms with van der Waals surface area (Å²) in [5.41, 5.74) is 2.32. The van der Waals surface area contributed by atoms with E-state index in [2.05, 4.69) is 35.9 Å². The van der Waals surface area contributed by atoms with Crippen LogP contribution in [0.2, 0.25) is 5.02 Å². The molecule has 3 rings (SSSR count). The Morgan fingerprint density at radius 3 is 2.60 bits per heavy atom. The van der Waals surface area contributed by atoms with Gasteiger partial charge in [0.2, 0.25) is 0 Å². The molecule has 1 nitrogen and oxygen atoms in total. The maximum absolute atomic E-state index is 13.6. The summed E-state index contributed by atoms with van der Waals surface area (Å²) in [5, 5.41) is 0.121. The molecule has 1 fully saturated rings. The fourth-order valence-corrected chi connectivity index (χ4v) is 3.33. The van der Waals surface area contributed by atoms with Gasteiger partial charge in [0.1, 0.15) is 5.82 Å². The van der Waals surface area contributed by atoms with E-state index in [1.165, 1.54) is 18.9 Å². The third-order valence-electron chi connectivity index (χ3n) is 4.64. The zero-order chi connectivity index (χ0) is 17.6. The van der Waals surface area contributed by atoms with E-state index in [0.717, 1.165) is 24.3 Å². The van der Waals surface area contributed by atoms with Crippen molar-refractivity contribution in [3.05, 3.63) is 65.1 Å². The molecule has 0 N–H and O–H groups in total. The molecular weight excluding hydrogens is 333 g/mol. The molecule has 25 heavy (non-hydrogen) atoms. The highest BCUT2D eigenvalue weighted by Crippen LogP contribution is 2.29. The van der Waals surface area contributed by atoms with Gasteiger partial charge < -0.3 is 0 Å². The van der Waals surface area contributed by atoms with Gasteiger partial charge in [0.05, 0.1) is 10.7 Å². The van der Waals surface area contributed by atoms with Crippen LogP contribution < -0.4 is 0 Å². The topological polar surface area (TPSA) is 12.9 Å². The number of halogens is 2. The maximum Gasteiger partial charge on any atom is 0.142 e. The molecule has 0 spiro atoms. The van der Waals surface area contributed by atoms with Crippen LogP contribution in [0.5, 0.6) is 0 Å². The van der Waals surface area contributed by atoms with Crippen molar-refractivity contribution in [2.75, 3.05) is 0 Å². The van der Waals surface area contributed by atoms with E-state index >= 15 is 0 Å². The van der Waals surface area contributed by atoms with Crippen molar-refractivity contribution in [2.45, 2.75) is 32.6 Å². The van der Waals surface area contributed by atoms with Gasteiger partial charge in [0, 0.05) is 23.2 Å². The Balaban J connectivity index is 1.65. The number of hydrogen-bond acceptors (Lipinski definition) is 1. The lowest BCUT2D eigenvalue weighted by Gasteiger charge is -2.22. The number of benzene rings is 1.